The summed E-state index contributed by atoms with van der Waals surface area (Å²) in [5.74, 6) is 6.13. The number of halogens is 1. The van der Waals surface area contributed by atoms with Gasteiger partial charge in [0.15, 0.2) is 0 Å². The zero-order chi connectivity index (χ0) is 10.7. The smallest absolute Gasteiger partial charge is 0.0702 e. The number of nitrogens with two attached hydrogens (primary N) is 1. The molecular formula is C10H15BrN2OS. The van der Waals surface area contributed by atoms with E-state index in [1.165, 1.54) is 11.3 Å². The Morgan fingerprint density at radius 1 is 1.60 bits per heavy atom. The van der Waals surface area contributed by atoms with Gasteiger partial charge in [-0.3, -0.25) is 11.3 Å². The Morgan fingerprint density at radius 2 is 2.47 bits per heavy atom. The lowest BCUT2D eigenvalue weighted by Gasteiger charge is -2.29. The quantitative estimate of drug-likeness (QED) is 0.664. The SMILES string of the molecule is NNC(c1ccc(Br)s1)C1CCCOC1. The molecule has 0 amide bonds. The van der Waals surface area contributed by atoms with E-state index in [1.807, 2.05) is 0 Å². The fraction of sp³-hybridized carbons (Fsp3) is 0.600. The average Bonchev–Trinajstić information content (AvgIpc) is 2.68. The molecule has 1 aliphatic rings. The van der Waals surface area contributed by atoms with Crippen LogP contribution in [0.5, 0.6) is 0 Å². The molecular weight excluding hydrogens is 276 g/mol. The first-order valence-electron chi connectivity index (χ1n) is 5.10. The molecule has 0 spiro atoms. The Balaban J connectivity index is 2.08. The summed E-state index contributed by atoms with van der Waals surface area (Å²) in [5, 5.41) is 0. The Labute approximate surface area is 102 Å². The molecule has 0 saturated carbocycles. The average molecular weight is 291 g/mol. The van der Waals surface area contributed by atoms with Gasteiger partial charge in [-0.1, -0.05) is 0 Å². The van der Waals surface area contributed by atoms with E-state index in [0.29, 0.717) is 5.92 Å². The molecule has 1 aliphatic heterocycles. The maximum atomic E-state index is 5.63. The van der Waals surface area contributed by atoms with Gasteiger partial charge in [0, 0.05) is 17.4 Å². The molecule has 2 rings (SSSR count). The van der Waals surface area contributed by atoms with Crippen LogP contribution in [0.1, 0.15) is 23.8 Å². The van der Waals surface area contributed by atoms with Crippen LogP contribution in [-0.4, -0.2) is 13.2 Å². The van der Waals surface area contributed by atoms with E-state index in [9.17, 15) is 0 Å². The molecule has 0 bridgehead atoms. The largest absolute Gasteiger partial charge is 0.381 e. The van der Waals surface area contributed by atoms with Crippen molar-refractivity contribution in [2.75, 3.05) is 13.2 Å². The van der Waals surface area contributed by atoms with Crippen molar-refractivity contribution in [3.05, 3.63) is 20.8 Å². The Kier molecular flexibility index (Phi) is 4.16. The molecule has 1 aromatic rings. The summed E-state index contributed by atoms with van der Waals surface area (Å²) in [4.78, 5) is 1.28. The topological polar surface area (TPSA) is 47.3 Å². The second-order valence-corrected chi connectivity index (χ2v) is 6.26. The predicted octanol–water partition coefficient (Wildman–Crippen LogP) is 2.44. The van der Waals surface area contributed by atoms with Crippen molar-refractivity contribution in [2.24, 2.45) is 11.8 Å². The molecule has 15 heavy (non-hydrogen) atoms. The van der Waals surface area contributed by atoms with Gasteiger partial charge in [-0.2, -0.15) is 0 Å². The number of hydrazine groups is 1. The second kappa shape index (κ2) is 5.41. The van der Waals surface area contributed by atoms with E-state index >= 15 is 0 Å². The van der Waals surface area contributed by atoms with Crippen LogP contribution < -0.4 is 11.3 Å². The fourth-order valence-electron chi connectivity index (χ4n) is 1.97. The molecule has 2 atom stereocenters. The number of hydrogen-bond donors (Lipinski definition) is 2. The maximum Gasteiger partial charge on any atom is 0.0702 e. The zero-order valence-electron chi connectivity index (χ0n) is 8.41. The van der Waals surface area contributed by atoms with Gasteiger partial charge in [0.25, 0.3) is 0 Å². The summed E-state index contributed by atoms with van der Waals surface area (Å²) in [6, 6.07) is 4.41. The highest BCUT2D eigenvalue weighted by Gasteiger charge is 2.25. The number of hydrogen-bond acceptors (Lipinski definition) is 4. The van der Waals surface area contributed by atoms with Gasteiger partial charge >= 0.3 is 0 Å². The van der Waals surface area contributed by atoms with Crippen molar-refractivity contribution in [2.45, 2.75) is 18.9 Å². The summed E-state index contributed by atoms with van der Waals surface area (Å²) < 4.78 is 6.64. The van der Waals surface area contributed by atoms with Crippen molar-refractivity contribution in [3.8, 4) is 0 Å². The van der Waals surface area contributed by atoms with Gasteiger partial charge in [0.05, 0.1) is 16.4 Å². The van der Waals surface area contributed by atoms with Crippen LogP contribution in [-0.2, 0) is 4.74 Å². The van der Waals surface area contributed by atoms with Crippen LogP contribution in [0.15, 0.2) is 15.9 Å². The first-order valence-corrected chi connectivity index (χ1v) is 6.71. The molecule has 3 N–H and O–H groups in total. The molecule has 0 aliphatic carbocycles. The number of ether oxygens (including phenoxy) is 1. The van der Waals surface area contributed by atoms with Crippen LogP contribution >= 0.6 is 27.3 Å². The molecule has 84 valence electrons. The lowest BCUT2D eigenvalue weighted by atomic mass is 9.93. The van der Waals surface area contributed by atoms with Crippen LogP contribution in [0.2, 0.25) is 0 Å². The highest BCUT2D eigenvalue weighted by molar-refractivity contribution is 9.11. The number of rotatable bonds is 3. The van der Waals surface area contributed by atoms with E-state index in [2.05, 4.69) is 33.5 Å². The third-order valence-corrected chi connectivity index (χ3v) is 4.45. The Morgan fingerprint density at radius 3 is 3.00 bits per heavy atom. The molecule has 3 nitrogen and oxygen atoms in total. The summed E-state index contributed by atoms with van der Waals surface area (Å²) in [7, 11) is 0. The van der Waals surface area contributed by atoms with Crippen LogP contribution in [0.25, 0.3) is 0 Å². The summed E-state index contributed by atoms with van der Waals surface area (Å²) in [6.45, 7) is 1.70. The zero-order valence-corrected chi connectivity index (χ0v) is 10.8. The molecule has 0 radical (unpaired) electrons. The van der Waals surface area contributed by atoms with E-state index in [0.717, 1.165) is 23.4 Å². The Bertz CT molecular complexity index is 312. The van der Waals surface area contributed by atoms with E-state index in [-0.39, 0.29) is 6.04 Å². The van der Waals surface area contributed by atoms with Crippen molar-refractivity contribution in [1.29, 1.82) is 0 Å². The van der Waals surface area contributed by atoms with Gasteiger partial charge in [-0.05, 0) is 40.9 Å². The van der Waals surface area contributed by atoms with E-state index in [1.54, 1.807) is 11.3 Å². The van der Waals surface area contributed by atoms with Crippen LogP contribution in [0.4, 0.5) is 0 Å². The Hall–Kier alpha value is 0.0600. The third kappa shape index (κ3) is 2.79. The summed E-state index contributed by atoms with van der Waals surface area (Å²) in [6.07, 6.45) is 2.32. The first-order chi connectivity index (χ1) is 7.31. The van der Waals surface area contributed by atoms with Crippen molar-refractivity contribution in [1.82, 2.24) is 5.43 Å². The second-order valence-electron chi connectivity index (χ2n) is 3.76. The lowest BCUT2D eigenvalue weighted by Crippen LogP contribution is -2.36. The number of thiophene rings is 1. The standard InChI is InChI=1S/C10H15BrN2OS/c11-9-4-3-8(15-9)10(13-12)7-2-1-5-14-6-7/h3-4,7,10,13H,1-2,5-6,12H2. The summed E-state index contributed by atoms with van der Waals surface area (Å²) >= 11 is 5.21. The lowest BCUT2D eigenvalue weighted by molar-refractivity contribution is 0.0395. The van der Waals surface area contributed by atoms with Crippen LogP contribution in [0, 0.1) is 5.92 Å². The molecule has 1 aromatic heterocycles. The molecule has 1 saturated heterocycles. The minimum absolute atomic E-state index is 0.224. The van der Waals surface area contributed by atoms with E-state index < -0.39 is 0 Å². The predicted molar refractivity (Wildman–Crippen MR) is 65.6 cm³/mol. The van der Waals surface area contributed by atoms with Gasteiger partial charge in [-0.25, -0.2) is 0 Å². The highest BCUT2D eigenvalue weighted by atomic mass is 79.9. The molecule has 0 aromatic carbocycles. The third-order valence-electron chi connectivity index (χ3n) is 2.75. The first kappa shape index (κ1) is 11.5. The van der Waals surface area contributed by atoms with Gasteiger partial charge in [0.1, 0.15) is 0 Å². The van der Waals surface area contributed by atoms with Gasteiger partial charge in [-0.15, -0.1) is 11.3 Å². The van der Waals surface area contributed by atoms with Gasteiger partial charge in [0.2, 0.25) is 0 Å². The number of nitrogens with one attached hydrogen (secondary N) is 1. The fourth-order valence-corrected chi connectivity index (χ4v) is 3.55. The minimum atomic E-state index is 0.224. The van der Waals surface area contributed by atoms with Gasteiger partial charge < -0.3 is 4.74 Å². The molecule has 2 heterocycles. The molecule has 2 unspecified atom stereocenters. The monoisotopic (exact) mass is 290 g/mol. The van der Waals surface area contributed by atoms with Crippen molar-refractivity contribution >= 4 is 27.3 Å². The maximum absolute atomic E-state index is 5.63. The van der Waals surface area contributed by atoms with E-state index in [4.69, 9.17) is 10.6 Å². The van der Waals surface area contributed by atoms with Crippen molar-refractivity contribution < 1.29 is 4.74 Å². The van der Waals surface area contributed by atoms with Crippen LogP contribution in [0.3, 0.4) is 0 Å². The highest BCUT2D eigenvalue weighted by Crippen LogP contribution is 2.34. The molecule has 1 fully saturated rings. The molecule has 5 heteroatoms. The van der Waals surface area contributed by atoms with Crippen molar-refractivity contribution in [3.63, 3.8) is 0 Å². The normalized spacial score (nSPS) is 24.0. The summed E-state index contributed by atoms with van der Waals surface area (Å²) in [5.41, 5.74) is 2.91. The minimum Gasteiger partial charge on any atom is -0.381 e.